The summed E-state index contributed by atoms with van der Waals surface area (Å²) in [5.41, 5.74) is 6.02. The quantitative estimate of drug-likeness (QED) is 0.104. The number of hydrogen-bond donors (Lipinski definition) is 0. The highest BCUT2D eigenvalue weighted by molar-refractivity contribution is 5.63. The first-order valence-corrected chi connectivity index (χ1v) is 20.3. The second-order valence-electron chi connectivity index (χ2n) is 14.5. The summed E-state index contributed by atoms with van der Waals surface area (Å²) < 4.78 is 50.2. The average Bonchev–Trinajstić information content (AvgIpc) is 3.31. The molecule has 5 rings (SSSR count). The number of hydrogen-bond acceptors (Lipinski definition) is 8. The van der Waals surface area contributed by atoms with E-state index in [2.05, 4.69) is 47.4 Å². The molecule has 8 nitrogen and oxygen atoms in total. The molecule has 4 aromatic carbocycles. The van der Waals surface area contributed by atoms with Gasteiger partial charge in [0.1, 0.15) is 98.9 Å². The summed E-state index contributed by atoms with van der Waals surface area (Å²) in [5.74, 6) is 22.6. The number of rotatable bonds is 16. The monoisotopic (exact) mass is 848 g/mol. The highest BCUT2D eigenvalue weighted by Crippen LogP contribution is 2.50. The van der Waals surface area contributed by atoms with Crippen molar-refractivity contribution in [3.63, 3.8) is 0 Å². The summed E-state index contributed by atoms with van der Waals surface area (Å²) in [5, 5.41) is 0. The Hall–Kier alpha value is -8.24. The zero-order valence-electron chi connectivity index (χ0n) is 36.5. The minimum atomic E-state index is -0.437. The fourth-order valence-corrected chi connectivity index (χ4v) is 7.71. The third kappa shape index (κ3) is 10.4. The molecule has 4 aromatic rings. The molecule has 0 unspecified atom stereocenters. The predicted octanol–water partition coefficient (Wildman–Crippen LogP) is 8.70. The summed E-state index contributed by atoms with van der Waals surface area (Å²) in [7, 11) is 0. The number of fused-ring (bicyclic) bond motifs is 8. The van der Waals surface area contributed by atoms with E-state index in [0.29, 0.717) is 46.0 Å². The van der Waals surface area contributed by atoms with Crippen LogP contribution in [0.3, 0.4) is 0 Å². The van der Waals surface area contributed by atoms with E-state index in [1.54, 1.807) is 24.3 Å². The molecule has 0 amide bonds. The number of terminal acetylenes is 8. The van der Waals surface area contributed by atoms with Crippen LogP contribution in [0.1, 0.15) is 95.9 Å². The molecule has 1 aliphatic carbocycles. The third-order valence-electron chi connectivity index (χ3n) is 10.8. The Labute approximate surface area is 378 Å². The second-order valence-corrected chi connectivity index (χ2v) is 14.5. The average molecular weight is 849 g/mol. The van der Waals surface area contributed by atoms with E-state index in [-0.39, 0.29) is 52.9 Å². The predicted molar refractivity (Wildman–Crippen MR) is 250 cm³/mol. The highest BCUT2D eigenvalue weighted by atomic mass is 16.5. The molecular formula is C56H48O8. The van der Waals surface area contributed by atoms with Crippen LogP contribution in [0.15, 0.2) is 48.5 Å². The molecule has 0 atom stereocenters. The van der Waals surface area contributed by atoms with Gasteiger partial charge in [-0.15, -0.1) is 51.4 Å². The first-order chi connectivity index (χ1) is 31.1. The van der Waals surface area contributed by atoms with E-state index in [4.69, 9.17) is 89.3 Å². The van der Waals surface area contributed by atoms with Crippen molar-refractivity contribution in [2.24, 2.45) is 0 Å². The van der Waals surface area contributed by atoms with Crippen LogP contribution in [0.2, 0.25) is 0 Å². The lowest BCUT2D eigenvalue weighted by Crippen LogP contribution is -2.14. The molecule has 0 spiro atoms. The van der Waals surface area contributed by atoms with E-state index in [1.807, 2.05) is 52.0 Å². The summed E-state index contributed by atoms with van der Waals surface area (Å²) >= 11 is 0. The van der Waals surface area contributed by atoms with E-state index in [9.17, 15) is 0 Å². The van der Waals surface area contributed by atoms with Gasteiger partial charge in [-0.1, -0.05) is 75.1 Å². The molecule has 8 heteroatoms. The van der Waals surface area contributed by atoms with Crippen molar-refractivity contribution < 1.29 is 37.9 Å². The van der Waals surface area contributed by atoms with Gasteiger partial charge in [0.05, 0.1) is 0 Å². The van der Waals surface area contributed by atoms with Crippen molar-refractivity contribution in [2.45, 2.75) is 51.4 Å². The van der Waals surface area contributed by atoms with E-state index < -0.39 is 23.7 Å². The number of benzene rings is 4. The number of ether oxygens (including phenoxy) is 8. The topological polar surface area (TPSA) is 73.8 Å². The van der Waals surface area contributed by atoms with Crippen molar-refractivity contribution in [1.82, 2.24) is 0 Å². The summed E-state index contributed by atoms with van der Waals surface area (Å²) in [6.07, 6.45) is 46.0. The molecule has 0 aliphatic heterocycles. The molecule has 0 saturated heterocycles. The maximum atomic E-state index is 6.27. The van der Waals surface area contributed by atoms with Gasteiger partial charge in [-0.3, -0.25) is 0 Å². The van der Waals surface area contributed by atoms with Crippen LogP contribution in [0.5, 0.6) is 46.0 Å². The molecule has 0 N–H and O–H groups in total. The lowest BCUT2D eigenvalue weighted by Gasteiger charge is -2.29. The van der Waals surface area contributed by atoms with E-state index >= 15 is 0 Å². The highest BCUT2D eigenvalue weighted by Gasteiger charge is 2.31. The lowest BCUT2D eigenvalue weighted by atomic mass is 9.80. The van der Waals surface area contributed by atoms with Gasteiger partial charge in [-0.05, 0) is 24.3 Å². The van der Waals surface area contributed by atoms with Crippen LogP contribution in [-0.4, -0.2) is 52.9 Å². The molecule has 64 heavy (non-hydrogen) atoms. The molecule has 0 heterocycles. The molecular weight excluding hydrogens is 801 g/mol. The van der Waals surface area contributed by atoms with Gasteiger partial charge in [0.2, 0.25) is 0 Å². The molecule has 320 valence electrons. The van der Waals surface area contributed by atoms with Crippen molar-refractivity contribution in [2.75, 3.05) is 52.9 Å². The molecule has 1 aliphatic rings. The SMILES string of the molecule is C#CCOc1cc(OCC#C)c2cc1C(C)c1cc(c(OCC#C)cc1OCC#C)C(C)c1cc(c(OCC#C)cc1OCC#C)C(C)c1cc(c(OCC#C)cc1OCC#C)C2C. The molecule has 0 aromatic heterocycles. The molecule has 8 bridgehead atoms. The standard InChI is InChI=1S/C56H48O8/c1-13-21-57-49-33-50(58-22-14-2)42-29-41(49)37(9)43-30-44(52(60-24-16-4)34-51(43)59-23-15-3)39(11)47-32-48(56(64-28-20-8)36-55(47)63-27-19-7)40(12)46-31-45(38(42)10)53(61-25-17-5)35-54(46)62-26-18-6/h1-8,29-40H,21-28H2,9-12H3. The second kappa shape index (κ2) is 22.6. The minimum Gasteiger partial charge on any atom is -0.481 e. The first kappa shape index (κ1) is 46.8. The Morgan fingerprint density at radius 2 is 0.391 bits per heavy atom. The molecule has 0 fully saturated rings. The summed E-state index contributed by atoms with van der Waals surface area (Å²) in [6.45, 7) is 7.89. The van der Waals surface area contributed by atoms with Crippen LogP contribution in [0, 0.1) is 98.8 Å². The Morgan fingerprint density at radius 3 is 0.500 bits per heavy atom. The van der Waals surface area contributed by atoms with Crippen LogP contribution < -0.4 is 37.9 Å². The van der Waals surface area contributed by atoms with Crippen LogP contribution in [0.4, 0.5) is 0 Å². The van der Waals surface area contributed by atoms with Crippen molar-refractivity contribution in [1.29, 1.82) is 0 Å². The summed E-state index contributed by atoms with van der Waals surface area (Å²) in [6, 6.07) is 15.3. The van der Waals surface area contributed by atoms with E-state index in [0.717, 1.165) is 44.5 Å². The Morgan fingerprint density at radius 1 is 0.266 bits per heavy atom. The van der Waals surface area contributed by atoms with Crippen LogP contribution in [0.25, 0.3) is 0 Å². The van der Waals surface area contributed by atoms with Gasteiger partial charge in [-0.25, -0.2) is 0 Å². The smallest absolute Gasteiger partial charge is 0.148 e. The minimum absolute atomic E-state index is 0.0287. The van der Waals surface area contributed by atoms with Crippen LogP contribution in [-0.2, 0) is 0 Å². The van der Waals surface area contributed by atoms with Crippen molar-refractivity contribution in [3.05, 3.63) is 93.0 Å². The van der Waals surface area contributed by atoms with Gasteiger partial charge in [0.25, 0.3) is 0 Å². The first-order valence-electron chi connectivity index (χ1n) is 20.3. The molecule has 0 saturated carbocycles. The Bertz CT molecular complexity index is 2160. The lowest BCUT2D eigenvalue weighted by molar-refractivity contribution is 0.338. The van der Waals surface area contributed by atoms with Crippen LogP contribution >= 0.6 is 0 Å². The zero-order chi connectivity index (χ0) is 46.2. The van der Waals surface area contributed by atoms with Gasteiger partial charge in [0, 0.05) is 92.4 Å². The fraction of sp³-hybridized carbons (Fsp3) is 0.286. The van der Waals surface area contributed by atoms with Gasteiger partial charge in [0.15, 0.2) is 0 Å². The third-order valence-corrected chi connectivity index (χ3v) is 10.8. The Balaban J connectivity index is 2.03. The molecule has 0 radical (unpaired) electrons. The summed E-state index contributed by atoms with van der Waals surface area (Å²) in [4.78, 5) is 0. The Kier molecular flexibility index (Phi) is 16.5. The largest absolute Gasteiger partial charge is 0.481 e. The zero-order valence-corrected chi connectivity index (χ0v) is 36.5. The normalized spacial score (nSPS) is 15.6. The maximum Gasteiger partial charge on any atom is 0.148 e. The van der Waals surface area contributed by atoms with E-state index in [1.165, 1.54) is 0 Å². The fourth-order valence-electron chi connectivity index (χ4n) is 7.71. The van der Waals surface area contributed by atoms with Gasteiger partial charge < -0.3 is 37.9 Å². The maximum absolute atomic E-state index is 6.27. The van der Waals surface area contributed by atoms with Crippen molar-refractivity contribution in [3.8, 4) is 145 Å². The van der Waals surface area contributed by atoms with Crippen molar-refractivity contribution >= 4 is 0 Å². The van der Waals surface area contributed by atoms with Gasteiger partial charge in [-0.2, -0.15) is 0 Å². The van der Waals surface area contributed by atoms with Gasteiger partial charge >= 0.3 is 0 Å².